The summed E-state index contributed by atoms with van der Waals surface area (Å²) in [7, 11) is 0. The standard InChI is InChI=1S/C12H15N3/c1-2-9-6-13-12(14-7-9)15-8-10-3-4-11(15)5-10/h2,6-7,10-11H,1,3-5,8H2/t10-,11+/m1/s1. The van der Waals surface area contributed by atoms with E-state index in [1.54, 1.807) is 6.08 Å². The maximum atomic E-state index is 4.39. The highest BCUT2D eigenvalue weighted by atomic mass is 15.3. The first kappa shape index (κ1) is 8.89. The highest BCUT2D eigenvalue weighted by Gasteiger charge is 2.38. The van der Waals surface area contributed by atoms with Crippen LogP contribution >= 0.6 is 0 Å². The van der Waals surface area contributed by atoms with Gasteiger partial charge in [0.25, 0.3) is 0 Å². The van der Waals surface area contributed by atoms with Crippen molar-refractivity contribution in [3.05, 3.63) is 24.5 Å². The molecular formula is C12H15N3. The lowest BCUT2D eigenvalue weighted by Crippen LogP contribution is -2.33. The summed E-state index contributed by atoms with van der Waals surface area (Å²) >= 11 is 0. The van der Waals surface area contributed by atoms with Crippen LogP contribution in [0.2, 0.25) is 0 Å². The fourth-order valence-electron chi connectivity index (χ4n) is 2.75. The number of nitrogens with zero attached hydrogens (tertiary/aromatic N) is 3. The third-order valence-corrected chi connectivity index (χ3v) is 3.56. The molecule has 2 fully saturated rings. The van der Waals surface area contributed by atoms with Crippen molar-refractivity contribution in [3.8, 4) is 0 Å². The molecule has 0 aromatic carbocycles. The van der Waals surface area contributed by atoms with E-state index in [0.29, 0.717) is 6.04 Å². The molecule has 1 saturated heterocycles. The Morgan fingerprint density at radius 2 is 2.13 bits per heavy atom. The first-order valence-electron chi connectivity index (χ1n) is 5.58. The predicted octanol–water partition coefficient (Wildman–Crippen LogP) is 2.11. The summed E-state index contributed by atoms with van der Waals surface area (Å²) in [4.78, 5) is 11.1. The van der Waals surface area contributed by atoms with Crippen LogP contribution in [0.3, 0.4) is 0 Å². The van der Waals surface area contributed by atoms with E-state index < -0.39 is 0 Å². The molecule has 3 heteroatoms. The van der Waals surface area contributed by atoms with Gasteiger partial charge in [0.1, 0.15) is 0 Å². The van der Waals surface area contributed by atoms with Crippen molar-refractivity contribution in [2.45, 2.75) is 25.3 Å². The molecule has 1 aliphatic heterocycles. The summed E-state index contributed by atoms with van der Waals surface area (Å²) in [5.74, 6) is 1.78. The SMILES string of the molecule is C=Cc1cnc(N2C[C@@H]3CC[C@H]2C3)nc1. The van der Waals surface area contributed by atoms with E-state index in [0.717, 1.165) is 24.0 Å². The molecule has 15 heavy (non-hydrogen) atoms. The molecule has 0 amide bonds. The first-order valence-corrected chi connectivity index (χ1v) is 5.58. The van der Waals surface area contributed by atoms with Gasteiger partial charge in [-0.1, -0.05) is 12.7 Å². The summed E-state index contributed by atoms with van der Waals surface area (Å²) in [6.45, 7) is 4.85. The Balaban J connectivity index is 1.84. The van der Waals surface area contributed by atoms with E-state index >= 15 is 0 Å². The number of fused-ring (bicyclic) bond motifs is 2. The highest BCUT2D eigenvalue weighted by molar-refractivity contribution is 5.46. The molecule has 1 aromatic heterocycles. The van der Waals surface area contributed by atoms with E-state index in [-0.39, 0.29) is 0 Å². The van der Waals surface area contributed by atoms with Crippen molar-refractivity contribution in [1.82, 2.24) is 9.97 Å². The fourth-order valence-corrected chi connectivity index (χ4v) is 2.75. The number of hydrogen-bond donors (Lipinski definition) is 0. The minimum Gasteiger partial charge on any atom is -0.338 e. The molecule has 3 rings (SSSR count). The van der Waals surface area contributed by atoms with Crippen molar-refractivity contribution in [2.75, 3.05) is 11.4 Å². The van der Waals surface area contributed by atoms with Crippen LogP contribution in [0.5, 0.6) is 0 Å². The van der Waals surface area contributed by atoms with Crippen LogP contribution in [-0.4, -0.2) is 22.6 Å². The van der Waals surface area contributed by atoms with Crippen molar-refractivity contribution < 1.29 is 0 Å². The minimum atomic E-state index is 0.699. The smallest absolute Gasteiger partial charge is 0.225 e. The average Bonchev–Trinajstić information content (AvgIpc) is 2.91. The summed E-state index contributed by atoms with van der Waals surface area (Å²) in [6, 6.07) is 0.699. The lowest BCUT2D eigenvalue weighted by atomic mass is 10.1. The van der Waals surface area contributed by atoms with Gasteiger partial charge in [0, 0.05) is 30.5 Å². The van der Waals surface area contributed by atoms with E-state index in [4.69, 9.17) is 0 Å². The number of anilines is 1. The van der Waals surface area contributed by atoms with Gasteiger partial charge in [0.05, 0.1) is 0 Å². The lowest BCUT2D eigenvalue weighted by Gasteiger charge is -2.26. The van der Waals surface area contributed by atoms with Crippen LogP contribution in [0.15, 0.2) is 19.0 Å². The van der Waals surface area contributed by atoms with E-state index in [2.05, 4.69) is 21.4 Å². The third kappa shape index (κ3) is 1.42. The van der Waals surface area contributed by atoms with Crippen LogP contribution in [0.25, 0.3) is 6.08 Å². The second kappa shape index (κ2) is 3.33. The van der Waals surface area contributed by atoms with Gasteiger partial charge in [-0.15, -0.1) is 0 Å². The molecule has 0 unspecified atom stereocenters. The molecule has 3 nitrogen and oxygen atoms in total. The molecule has 0 N–H and O–H groups in total. The Bertz CT molecular complexity index is 371. The minimum absolute atomic E-state index is 0.699. The molecule has 0 radical (unpaired) electrons. The van der Waals surface area contributed by atoms with Gasteiger partial charge in [0.15, 0.2) is 0 Å². The topological polar surface area (TPSA) is 29.0 Å². The number of rotatable bonds is 2. The highest BCUT2D eigenvalue weighted by Crippen LogP contribution is 2.38. The summed E-state index contributed by atoms with van der Waals surface area (Å²) in [5, 5.41) is 0. The number of piperidine rings is 1. The Hall–Kier alpha value is -1.38. The molecular weight excluding hydrogens is 186 g/mol. The Morgan fingerprint density at radius 3 is 2.67 bits per heavy atom. The van der Waals surface area contributed by atoms with Gasteiger partial charge in [0.2, 0.25) is 5.95 Å². The number of aromatic nitrogens is 2. The molecule has 2 heterocycles. The zero-order valence-electron chi connectivity index (χ0n) is 8.76. The summed E-state index contributed by atoms with van der Waals surface area (Å²) < 4.78 is 0. The van der Waals surface area contributed by atoms with Crippen LogP contribution in [0, 0.1) is 5.92 Å². The van der Waals surface area contributed by atoms with Gasteiger partial charge < -0.3 is 4.90 Å². The second-order valence-electron chi connectivity index (χ2n) is 4.51. The van der Waals surface area contributed by atoms with Crippen LogP contribution in [0.4, 0.5) is 5.95 Å². The average molecular weight is 201 g/mol. The Kier molecular flexibility index (Phi) is 1.97. The van der Waals surface area contributed by atoms with Gasteiger partial charge in [-0.3, -0.25) is 0 Å². The number of hydrogen-bond acceptors (Lipinski definition) is 3. The van der Waals surface area contributed by atoms with Gasteiger partial charge in [-0.2, -0.15) is 0 Å². The maximum Gasteiger partial charge on any atom is 0.225 e. The molecule has 1 saturated carbocycles. The monoisotopic (exact) mass is 201 g/mol. The van der Waals surface area contributed by atoms with Crippen molar-refractivity contribution in [2.24, 2.45) is 5.92 Å². The van der Waals surface area contributed by atoms with Gasteiger partial charge in [-0.05, 0) is 25.2 Å². The molecule has 1 aliphatic carbocycles. The van der Waals surface area contributed by atoms with Gasteiger partial charge in [-0.25, -0.2) is 9.97 Å². The largest absolute Gasteiger partial charge is 0.338 e. The molecule has 1 aromatic rings. The lowest BCUT2D eigenvalue weighted by molar-refractivity contribution is 0.546. The van der Waals surface area contributed by atoms with Crippen LogP contribution < -0.4 is 4.90 Å². The normalized spacial score (nSPS) is 28.4. The van der Waals surface area contributed by atoms with Crippen LogP contribution in [0.1, 0.15) is 24.8 Å². The van der Waals surface area contributed by atoms with E-state index in [1.807, 2.05) is 12.4 Å². The summed E-state index contributed by atoms with van der Waals surface area (Å²) in [6.07, 6.45) is 9.53. The Morgan fingerprint density at radius 1 is 1.33 bits per heavy atom. The third-order valence-electron chi connectivity index (χ3n) is 3.56. The van der Waals surface area contributed by atoms with Gasteiger partial charge >= 0.3 is 0 Å². The van der Waals surface area contributed by atoms with E-state index in [9.17, 15) is 0 Å². The molecule has 0 spiro atoms. The molecule has 2 bridgehead atoms. The fraction of sp³-hybridized carbons (Fsp3) is 0.500. The van der Waals surface area contributed by atoms with Crippen molar-refractivity contribution in [1.29, 1.82) is 0 Å². The zero-order chi connectivity index (χ0) is 10.3. The van der Waals surface area contributed by atoms with Crippen LogP contribution in [-0.2, 0) is 0 Å². The molecule has 78 valence electrons. The van der Waals surface area contributed by atoms with Crippen molar-refractivity contribution >= 4 is 12.0 Å². The predicted molar refractivity (Wildman–Crippen MR) is 60.6 cm³/mol. The maximum absolute atomic E-state index is 4.39. The second-order valence-corrected chi connectivity index (χ2v) is 4.51. The molecule has 2 aliphatic rings. The quantitative estimate of drug-likeness (QED) is 0.733. The first-order chi connectivity index (χ1) is 7.36. The summed E-state index contributed by atoms with van der Waals surface area (Å²) in [5.41, 5.74) is 0.989. The molecule has 2 atom stereocenters. The zero-order valence-corrected chi connectivity index (χ0v) is 8.76. The van der Waals surface area contributed by atoms with Crippen molar-refractivity contribution in [3.63, 3.8) is 0 Å². The van der Waals surface area contributed by atoms with E-state index in [1.165, 1.54) is 19.3 Å². The Labute approximate surface area is 89.8 Å².